The van der Waals surface area contributed by atoms with E-state index in [9.17, 15) is 21.6 Å². The molecule has 2 aliphatic heterocycles. The second-order valence-electron chi connectivity index (χ2n) is 7.51. The van der Waals surface area contributed by atoms with E-state index in [2.05, 4.69) is 4.72 Å². The topological polar surface area (TPSA) is 122 Å². The minimum Gasteiger partial charge on any atom is -0.492 e. The zero-order chi connectivity index (χ0) is 23.6. The molecule has 0 bridgehead atoms. The van der Waals surface area contributed by atoms with E-state index in [1.807, 2.05) is 17.0 Å². The number of hydrogen-bond acceptors (Lipinski definition) is 8. The molecular weight excluding hydrogens is 470 g/mol. The summed E-state index contributed by atoms with van der Waals surface area (Å²) in [6, 6.07) is 10.9. The fraction of sp³-hybridized carbons (Fsp3) is 0.381. The summed E-state index contributed by atoms with van der Waals surface area (Å²) in [5.41, 5.74) is 1.04. The van der Waals surface area contributed by atoms with E-state index in [1.54, 1.807) is 19.1 Å². The maximum atomic E-state index is 13.5. The van der Waals surface area contributed by atoms with Gasteiger partial charge in [-0.2, -0.15) is 0 Å². The number of ether oxygens (including phenoxy) is 2. The van der Waals surface area contributed by atoms with Crippen molar-refractivity contribution in [3.05, 3.63) is 42.5 Å². The zero-order valence-electron chi connectivity index (χ0n) is 18.1. The predicted octanol–water partition coefficient (Wildman–Crippen LogP) is 1.79. The minimum absolute atomic E-state index is 0.0391. The lowest BCUT2D eigenvalue weighted by atomic mass is 10.2. The summed E-state index contributed by atoms with van der Waals surface area (Å²) in [5, 5.41) is 0. The Kier molecular flexibility index (Phi) is 6.50. The Bertz CT molecular complexity index is 1260. The summed E-state index contributed by atoms with van der Waals surface area (Å²) in [6.45, 7) is 4.22. The van der Waals surface area contributed by atoms with Gasteiger partial charge in [0, 0.05) is 19.5 Å². The van der Waals surface area contributed by atoms with E-state index < -0.39 is 26.0 Å². The van der Waals surface area contributed by atoms with Gasteiger partial charge in [0.15, 0.2) is 0 Å². The fourth-order valence-corrected chi connectivity index (χ4v) is 6.51. The molecule has 0 spiro atoms. The number of sulfonamides is 2. The minimum atomic E-state index is -4.20. The molecule has 2 fully saturated rings. The molecule has 1 amide bonds. The van der Waals surface area contributed by atoms with Crippen molar-refractivity contribution in [2.24, 2.45) is 0 Å². The average Bonchev–Trinajstić information content (AvgIpc) is 3.07. The van der Waals surface area contributed by atoms with Crippen molar-refractivity contribution >= 4 is 43.0 Å². The first-order chi connectivity index (χ1) is 15.7. The summed E-state index contributed by atoms with van der Waals surface area (Å²) in [4.78, 5) is 14.0. The molecule has 178 valence electrons. The van der Waals surface area contributed by atoms with Crippen LogP contribution in [0.3, 0.4) is 0 Å². The number of carbonyl (C=O) groups excluding carboxylic acids is 1. The normalized spacial score (nSPS) is 18.4. The third kappa shape index (κ3) is 4.77. The van der Waals surface area contributed by atoms with Gasteiger partial charge in [-0.3, -0.25) is 9.52 Å². The van der Waals surface area contributed by atoms with E-state index in [4.69, 9.17) is 9.47 Å². The van der Waals surface area contributed by atoms with Crippen LogP contribution >= 0.6 is 0 Å². The van der Waals surface area contributed by atoms with Gasteiger partial charge in [0.25, 0.3) is 10.0 Å². The Morgan fingerprint density at radius 1 is 1.12 bits per heavy atom. The van der Waals surface area contributed by atoms with Crippen molar-refractivity contribution in [2.75, 3.05) is 52.6 Å². The summed E-state index contributed by atoms with van der Waals surface area (Å²) < 4.78 is 65.8. The van der Waals surface area contributed by atoms with E-state index >= 15 is 0 Å². The molecule has 0 aliphatic carbocycles. The molecule has 0 atom stereocenters. The molecule has 2 aliphatic rings. The number of rotatable bonds is 7. The van der Waals surface area contributed by atoms with Crippen LogP contribution < -0.4 is 18.7 Å². The molecule has 12 heteroatoms. The fourth-order valence-electron chi connectivity index (χ4n) is 3.82. The number of amides is 1. The van der Waals surface area contributed by atoms with Crippen LogP contribution in [0.5, 0.6) is 5.75 Å². The quantitative estimate of drug-likeness (QED) is 0.617. The van der Waals surface area contributed by atoms with Crippen LogP contribution in [0.1, 0.15) is 13.3 Å². The standard InChI is InChI=1S/C21H25N3O7S2/c1-2-31-19-8-7-16(24-21(25)9-14-32(24,26)27)15-20(19)33(28,29)22-17-5-3-4-6-18(17)23-10-12-30-13-11-23/h3-8,15,22H,2,9-14H2,1H3. The van der Waals surface area contributed by atoms with Crippen LogP contribution in [0.25, 0.3) is 0 Å². The number of carbonyl (C=O) groups is 1. The molecule has 0 aromatic heterocycles. The van der Waals surface area contributed by atoms with Crippen molar-refractivity contribution in [3.63, 3.8) is 0 Å². The molecule has 33 heavy (non-hydrogen) atoms. The molecule has 2 aromatic rings. The number of para-hydroxylation sites is 2. The van der Waals surface area contributed by atoms with Gasteiger partial charge in [-0.1, -0.05) is 12.1 Å². The van der Waals surface area contributed by atoms with E-state index in [0.717, 1.165) is 6.07 Å². The maximum absolute atomic E-state index is 13.5. The molecule has 4 rings (SSSR count). The van der Waals surface area contributed by atoms with Gasteiger partial charge in [-0.25, -0.2) is 21.1 Å². The summed E-state index contributed by atoms with van der Waals surface area (Å²) >= 11 is 0. The molecule has 2 saturated heterocycles. The zero-order valence-corrected chi connectivity index (χ0v) is 19.7. The van der Waals surface area contributed by atoms with E-state index in [-0.39, 0.29) is 35.1 Å². The van der Waals surface area contributed by atoms with Crippen molar-refractivity contribution in [2.45, 2.75) is 18.2 Å². The highest BCUT2D eigenvalue weighted by Gasteiger charge is 2.37. The SMILES string of the molecule is CCOc1ccc(N2C(=O)CCS2(=O)=O)cc1S(=O)(=O)Nc1ccccc1N1CCOCC1. The number of morpholine rings is 1. The summed E-state index contributed by atoms with van der Waals surface area (Å²) in [7, 11) is -8.05. The van der Waals surface area contributed by atoms with Crippen LogP contribution in [-0.4, -0.2) is 61.4 Å². The molecule has 1 N–H and O–H groups in total. The molecular formula is C21H25N3O7S2. The number of nitrogens with one attached hydrogen (secondary N) is 1. The first kappa shape index (κ1) is 23.3. The Hall–Kier alpha value is -2.83. The van der Waals surface area contributed by atoms with Gasteiger partial charge in [0.05, 0.1) is 42.6 Å². The second-order valence-corrected chi connectivity index (χ2v) is 11.1. The first-order valence-electron chi connectivity index (χ1n) is 10.5. The summed E-state index contributed by atoms with van der Waals surface area (Å²) in [5.74, 6) is -0.860. The number of benzene rings is 2. The van der Waals surface area contributed by atoms with Gasteiger partial charge >= 0.3 is 0 Å². The Balaban J connectivity index is 1.74. The van der Waals surface area contributed by atoms with Gasteiger partial charge in [0.2, 0.25) is 15.9 Å². The van der Waals surface area contributed by atoms with Gasteiger partial charge in [-0.05, 0) is 37.3 Å². The number of nitrogens with zero attached hydrogens (tertiary/aromatic N) is 2. The lowest BCUT2D eigenvalue weighted by molar-refractivity contribution is -0.116. The molecule has 2 aromatic carbocycles. The van der Waals surface area contributed by atoms with E-state index in [0.29, 0.717) is 42.0 Å². The number of anilines is 3. The molecule has 0 radical (unpaired) electrons. The van der Waals surface area contributed by atoms with Crippen molar-refractivity contribution in [1.82, 2.24) is 0 Å². The Morgan fingerprint density at radius 2 is 1.85 bits per heavy atom. The van der Waals surface area contributed by atoms with Crippen LogP contribution in [-0.2, 0) is 29.6 Å². The Morgan fingerprint density at radius 3 is 2.52 bits per heavy atom. The monoisotopic (exact) mass is 495 g/mol. The summed E-state index contributed by atoms with van der Waals surface area (Å²) in [6.07, 6.45) is -0.150. The highest BCUT2D eigenvalue weighted by molar-refractivity contribution is 7.94. The first-order valence-corrected chi connectivity index (χ1v) is 13.6. The number of hydrogen-bond donors (Lipinski definition) is 1. The highest BCUT2D eigenvalue weighted by atomic mass is 32.2. The highest BCUT2D eigenvalue weighted by Crippen LogP contribution is 2.35. The van der Waals surface area contributed by atoms with Crippen molar-refractivity contribution < 1.29 is 31.1 Å². The smallest absolute Gasteiger partial charge is 0.265 e. The predicted molar refractivity (Wildman–Crippen MR) is 124 cm³/mol. The van der Waals surface area contributed by atoms with Gasteiger partial charge < -0.3 is 14.4 Å². The molecule has 2 heterocycles. The Labute approximate surface area is 193 Å². The maximum Gasteiger partial charge on any atom is 0.265 e. The van der Waals surface area contributed by atoms with Gasteiger partial charge in [0.1, 0.15) is 10.6 Å². The lowest BCUT2D eigenvalue weighted by Crippen LogP contribution is -2.36. The lowest BCUT2D eigenvalue weighted by Gasteiger charge is -2.30. The van der Waals surface area contributed by atoms with Crippen LogP contribution in [0.15, 0.2) is 47.4 Å². The molecule has 0 saturated carbocycles. The molecule has 0 unspecified atom stereocenters. The average molecular weight is 496 g/mol. The van der Waals surface area contributed by atoms with E-state index in [1.165, 1.54) is 12.1 Å². The van der Waals surface area contributed by atoms with Crippen LogP contribution in [0.2, 0.25) is 0 Å². The van der Waals surface area contributed by atoms with Crippen LogP contribution in [0, 0.1) is 0 Å². The third-order valence-corrected chi connectivity index (χ3v) is 8.41. The van der Waals surface area contributed by atoms with Crippen LogP contribution in [0.4, 0.5) is 17.1 Å². The third-order valence-electron chi connectivity index (χ3n) is 5.33. The van der Waals surface area contributed by atoms with Crippen molar-refractivity contribution in [1.29, 1.82) is 0 Å². The largest absolute Gasteiger partial charge is 0.492 e. The second kappa shape index (κ2) is 9.20. The van der Waals surface area contributed by atoms with Crippen molar-refractivity contribution in [3.8, 4) is 5.75 Å². The van der Waals surface area contributed by atoms with Gasteiger partial charge in [-0.15, -0.1) is 0 Å². The molecule has 10 nitrogen and oxygen atoms in total.